The average molecular weight is 222 g/mol. The van der Waals surface area contributed by atoms with E-state index in [-0.39, 0.29) is 0 Å². The third-order valence-electron chi connectivity index (χ3n) is 2.18. The summed E-state index contributed by atoms with van der Waals surface area (Å²) < 4.78 is 6.67. The van der Waals surface area contributed by atoms with Crippen LogP contribution in [0, 0.1) is 6.92 Å². The van der Waals surface area contributed by atoms with Crippen molar-refractivity contribution in [3.05, 3.63) is 17.7 Å². The largest absolute Gasteiger partial charge is 0.494 e. The first kappa shape index (κ1) is 10.2. The molecule has 0 atom stereocenters. The zero-order valence-corrected chi connectivity index (χ0v) is 9.94. The molecule has 0 amide bonds. The van der Waals surface area contributed by atoms with E-state index in [2.05, 4.69) is 17.2 Å². The van der Waals surface area contributed by atoms with Crippen molar-refractivity contribution in [1.82, 2.24) is 4.98 Å². The number of fused-ring (bicyclic) bond motifs is 1. The molecule has 0 saturated carbocycles. The summed E-state index contributed by atoms with van der Waals surface area (Å²) in [6, 6.07) is 4.08. The van der Waals surface area contributed by atoms with Gasteiger partial charge in [-0.2, -0.15) is 0 Å². The van der Waals surface area contributed by atoms with Crippen LogP contribution in [0.1, 0.15) is 12.5 Å². The van der Waals surface area contributed by atoms with E-state index >= 15 is 0 Å². The first-order valence-electron chi connectivity index (χ1n) is 4.96. The standard InChI is InChI=1S/C11H14N2OS/c1-4-14-8-5-7(2)10-9(6-8)15-11(12-3)13-10/h5-6H,4H2,1-3H3,(H,12,13). The van der Waals surface area contributed by atoms with Gasteiger partial charge in [0.1, 0.15) is 5.75 Å². The second-order valence-electron chi connectivity index (χ2n) is 3.29. The number of aryl methyl sites for hydroxylation is 1. The number of benzene rings is 1. The topological polar surface area (TPSA) is 34.1 Å². The van der Waals surface area contributed by atoms with Gasteiger partial charge in [0.25, 0.3) is 0 Å². The monoisotopic (exact) mass is 222 g/mol. The molecular formula is C11H14N2OS. The Labute approximate surface area is 93.1 Å². The molecule has 1 aromatic carbocycles. The van der Waals surface area contributed by atoms with E-state index in [9.17, 15) is 0 Å². The van der Waals surface area contributed by atoms with Crippen LogP contribution >= 0.6 is 11.3 Å². The Balaban J connectivity index is 2.54. The average Bonchev–Trinajstić information content (AvgIpc) is 2.62. The van der Waals surface area contributed by atoms with Gasteiger partial charge < -0.3 is 10.1 Å². The molecule has 1 heterocycles. The molecule has 4 heteroatoms. The van der Waals surface area contributed by atoms with Crippen molar-refractivity contribution in [2.24, 2.45) is 0 Å². The molecule has 0 radical (unpaired) electrons. The Morgan fingerprint density at radius 2 is 2.27 bits per heavy atom. The third-order valence-corrected chi connectivity index (χ3v) is 3.20. The number of nitrogens with one attached hydrogen (secondary N) is 1. The number of anilines is 1. The van der Waals surface area contributed by atoms with Crippen LogP contribution < -0.4 is 10.1 Å². The summed E-state index contributed by atoms with van der Waals surface area (Å²) in [5.74, 6) is 0.925. The Morgan fingerprint density at radius 1 is 1.47 bits per heavy atom. The van der Waals surface area contributed by atoms with Crippen molar-refractivity contribution in [2.45, 2.75) is 13.8 Å². The zero-order chi connectivity index (χ0) is 10.8. The third kappa shape index (κ3) is 1.90. The highest BCUT2D eigenvalue weighted by molar-refractivity contribution is 7.22. The van der Waals surface area contributed by atoms with Crippen molar-refractivity contribution < 1.29 is 4.74 Å². The van der Waals surface area contributed by atoms with Gasteiger partial charge in [0.05, 0.1) is 16.8 Å². The molecular weight excluding hydrogens is 208 g/mol. The molecule has 3 nitrogen and oxygen atoms in total. The van der Waals surface area contributed by atoms with Crippen LogP contribution in [0.5, 0.6) is 5.75 Å². The molecule has 0 aliphatic rings. The predicted molar refractivity (Wildman–Crippen MR) is 65.1 cm³/mol. The van der Waals surface area contributed by atoms with Crippen molar-refractivity contribution in [3.8, 4) is 5.75 Å². The summed E-state index contributed by atoms with van der Waals surface area (Å²) in [6.07, 6.45) is 0. The SMILES string of the molecule is CCOc1cc(C)c2nc(NC)sc2c1. The molecule has 2 rings (SSSR count). The Hall–Kier alpha value is -1.29. The quantitative estimate of drug-likeness (QED) is 0.866. The molecule has 0 aliphatic carbocycles. The molecule has 0 saturated heterocycles. The Kier molecular flexibility index (Phi) is 2.77. The van der Waals surface area contributed by atoms with Gasteiger partial charge >= 0.3 is 0 Å². The van der Waals surface area contributed by atoms with Crippen LogP contribution in [0.3, 0.4) is 0 Å². The first-order chi connectivity index (χ1) is 7.24. The van der Waals surface area contributed by atoms with Gasteiger partial charge in [-0.1, -0.05) is 11.3 Å². The van der Waals surface area contributed by atoms with Gasteiger partial charge in [-0.05, 0) is 31.5 Å². The molecule has 80 valence electrons. The summed E-state index contributed by atoms with van der Waals surface area (Å²) in [5.41, 5.74) is 2.22. The van der Waals surface area contributed by atoms with Gasteiger partial charge in [-0.25, -0.2) is 4.98 Å². The summed E-state index contributed by atoms with van der Waals surface area (Å²) in [4.78, 5) is 4.48. The van der Waals surface area contributed by atoms with Crippen LogP contribution in [0.4, 0.5) is 5.13 Å². The summed E-state index contributed by atoms with van der Waals surface area (Å²) in [6.45, 7) is 4.75. The van der Waals surface area contributed by atoms with Crippen molar-refractivity contribution in [1.29, 1.82) is 0 Å². The first-order valence-corrected chi connectivity index (χ1v) is 5.78. The van der Waals surface area contributed by atoms with E-state index in [4.69, 9.17) is 4.74 Å². The van der Waals surface area contributed by atoms with Crippen LogP contribution in [0.15, 0.2) is 12.1 Å². The van der Waals surface area contributed by atoms with E-state index in [1.54, 1.807) is 11.3 Å². The molecule has 0 spiro atoms. The maximum Gasteiger partial charge on any atom is 0.183 e. The van der Waals surface area contributed by atoms with E-state index in [1.807, 2.05) is 26.1 Å². The maximum atomic E-state index is 5.50. The minimum Gasteiger partial charge on any atom is -0.494 e. The van der Waals surface area contributed by atoms with Crippen molar-refractivity contribution >= 4 is 26.7 Å². The fourth-order valence-corrected chi connectivity index (χ4v) is 2.45. The van der Waals surface area contributed by atoms with E-state index < -0.39 is 0 Å². The molecule has 0 fully saturated rings. The maximum absolute atomic E-state index is 5.50. The second-order valence-corrected chi connectivity index (χ2v) is 4.32. The fourth-order valence-electron chi connectivity index (χ4n) is 1.52. The number of thiazole rings is 1. The highest BCUT2D eigenvalue weighted by Gasteiger charge is 2.07. The van der Waals surface area contributed by atoms with Crippen molar-refractivity contribution in [3.63, 3.8) is 0 Å². The lowest BCUT2D eigenvalue weighted by molar-refractivity contribution is 0.340. The Morgan fingerprint density at radius 3 is 2.93 bits per heavy atom. The highest BCUT2D eigenvalue weighted by atomic mass is 32.1. The highest BCUT2D eigenvalue weighted by Crippen LogP contribution is 2.31. The lowest BCUT2D eigenvalue weighted by Gasteiger charge is -2.03. The van der Waals surface area contributed by atoms with Crippen LogP contribution in [0.25, 0.3) is 10.2 Å². The minimum atomic E-state index is 0.697. The molecule has 15 heavy (non-hydrogen) atoms. The number of aromatic nitrogens is 1. The fraction of sp³-hybridized carbons (Fsp3) is 0.364. The second kappa shape index (κ2) is 4.06. The molecule has 1 N–H and O–H groups in total. The number of ether oxygens (including phenoxy) is 1. The number of nitrogens with zero attached hydrogens (tertiary/aromatic N) is 1. The molecule has 1 aromatic heterocycles. The number of hydrogen-bond acceptors (Lipinski definition) is 4. The lowest BCUT2D eigenvalue weighted by Crippen LogP contribution is -1.91. The number of hydrogen-bond donors (Lipinski definition) is 1. The molecule has 0 bridgehead atoms. The molecule has 0 aliphatic heterocycles. The molecule has 2 aromatic rings. The van der Waals surface area contributed by atoms with E-state index in [0.29, 0.717) is 6.61 Å². The van der Waals surface area contributed by atoms with Crippen LogP contribution in [-0.4, -0.2) is 18.6 Å². The smallest absolute Gasteiger partial charge is 0.183 e. The predicted octanol–water partition coefficient (Wildman–Crippen LogP) is 3.05. The van der Waals surface area contributed by atoms with Gasteiger partial charge in [-0.3, -0.25) is 0 Å². The van der Waals surface area contributed by atoms with Gasteiger partial charge in [0.15, 0.2) is 5.13 Å². The number of rotatable bonds is 3. The zero-order valence-electron chi connectivity index (χ0n) is 9.13. The normalized spacial score (nSPS) is 10.6. The van der Waals surface area contributed by atoms with Gasteiger partial charge in [0.2, 0.25) is 0 Å². The lowest BCUT2D eigenvalue weighted by atomic mass is 10.2. The van der Waals surface area contributed by atoms with Gasteiger partial charge in [-0.15, -0.1) is 0 Å². The summed E-state index contributed by atoms with van der Waals surface area (Å²) >= 11 is 1.65. The minimum absolute atomic E-state index is 0.697. The van der Waals surface area contributed by atoms with E-state index in [0.717, 1.165) is 22.0 Å². The van der Waals surface area contributed by atoms with E-state index in [1.165, 1.54) is 4.70 Å². The van der Waals surface area contributed by atoms with Crippen LogP contribution in [0.2, 0.25) is 0 Å². The molecule has 0 unspecified atom stereocenters. The summed E-state index contributed by atoms with van der Waals surface area (Å²) in [5, 5.41) is 4.01. The van der Waals surface area contributed by atoms with Crippen molar-refractivity contribution in [2.75, 3.05) is 19.0 Å². The Bertz CT molecular complexity index is 479. The van der Waals surface area contributed by atoms with Gasteiger partial charge in [0, 0.05) is 7.05 Å². The summed E-state index contributed by atoms with van der Waals surface area (Å²) in [7, 11) is 1.89. The van der Waals surface area contributed by atoms with Crippen LogP contribution in [-0.2, 0) is 0 Å².